The molecular weight excluding hydrogens is 474 g/mol. The Balaban J connectivity index is 1.36. The quantitative estimate of drug-likeness (QED) is 0.368. The minimum Gasteiger partial charge on any atom is -0.369 e. The molecule has 0 unspecified atom stereocenters. The zero-order chi connectivity index (χ0) is 26.1. The van der Waals surface area contributed by atoms with Gasteiger partial charge in [-0.05, 0) is 55.4 Å². The number of piperazine rings is 1. The maximum atomic E-state index is 13.5. The summed E-state index contributed by atoms with van der Waals surface area (Å²) in [5, 5.41) is 3.84. The molecule has 5 aromatic rings. The minimum absolute atomic E-state index is 0.119. The maximum absolute atomic E-state index is 13.5. The Morgan fingerprint density at radius 1 is 0.895 bits per heavy atom. The summed E-state index contributed by atoms with van der Waals surface area (Å²) in [6.07, 6.45) is 1.62. The average Bonchev–Trinajstić information content (AvgIpc) is 3.21. The van der Waals surface area contributed by atoms with Gasteiger partial charge in [-0.1, -0.05) is 48.5 Å². The molecule has 1 aliphatic heterocycles. The van der Waals surface area contributed by atoms with E-state index in [-0.39, 0.29) is 5.56 Å². The van der Waals surface area contributed by atoms with E-state index in [2.05, 4.69) is 52.3 Å². The van der Waals surface area contributed by atoms with Crippen LogP contribution < -0.4 is 15.8 Å². The monoisotopic (exact) mass is 505 g/mol. The molecule has 0 radical (unpaired) electrons. The van der Waals surface area contributed by atoms with Gasteiger partial charge in [-0.25, -0.2) is 14.3 Å². The summed E-state index contributed by atoms with van der Waals surface area (Å²) in [6, 6.07) is 26.2. The van der Waals surface area contributed by atoms with Crippen LogP contribution in [0.2, 0.25) is 0 Å². The molecule has 8 heteroatoms. The molecule has 3 aromatic carbocycles. The van der Waals surface area contributed by atoms with Crippen molar-refractivity contribution >= 4 is 28.4 Å². The predicted octanol–water partition coefficient (Wildman–Crippen LogP) is 4.43. The highest BCUT2D eigenvalue weighted by Crippen LogP contribution is 2.26. The van der Waals surface area contributed by atoms with Crippen LogP contribution in [0.5, 0.6) is 0 Å². The summed E-state index contributed by atoms with van der Waals surface area (Å²) in [5.41, 5.74) is 5.74. The average molecular weight is 506 g/mol. The molecule has 1 N–H and O–H groups in total. The van der Waals surface area contributed by atoms with Gasteiger partial charge in [-0.3, -0.25) is 4.79 Å². The van der Waals surface area contributed by atoms with Crippen LogP contribution in [-0.4, -0.2) is 57.5 Å². The molecule has 2 aromatic heterocycles. The van der Waals surface area contributed by atoms with E-state index in [1.807, 2.05) is 65.3 Å². The number of nitrogens with one attached hydrogen (secondary N) is 1. The van der Waals surface area contributed by atoms with Crippen LogP contribution in [0.15, 0.2) is 89.9 Å². The van der Waals surface area contributed by atoms with Gasteiger partial charge in [-0.2, -0.15) is 4.98 Å². The molecule has 38 heavy (non-hydrogen) atoms. The second-order valence-corrected chi connectivity index (χ2v) is 9.84. The van der Waals surface area contributed by atoms with Gasteiger partial charge >= 0.3 is 0 Å². The van der Waals surface area contributed by atoms with Crippen LogP contribution in [0.25, 0.3) is 16.7 Å². The number of para-hydroxylation sites is 1. The molecule has 1 saturated heterocycles. The van der Waals surface area contributed by atoms with E-state index in [1.54, 1.807) is 10.9 Å². The highest BCUT2D eigenvalue weighted by atomic mass is 16.1. The first-order valence-corrected chi connectivity index (χ1v) is 13.0. The zero-order valence-electron chi connectivity index (χ0n) is 21.7. The summed E-state index contributed by atoms with van der Waals surface area (Å²) >= 11 is 0. The molecule has 6 rings (SSSR count). The van der Waals surface area contributed by atoms with Crippen LogP contribution in [0.4, 0.5) is 17.3 Å². The largest absolute Gasteiger partial charge is 0.369 e. The summed E-state index contributed by atoms with van der Waals surface area (Å²) in [6.45, 7) is 6.77. The van der Waals surface area contributed by atoms with E-state index in [4.69, 9.17) is 4.98 Å². The predicted molar refractivity (Wildman–Crippen MR) is 153 cm³/mol. The third-order valence-corrected chi connectivity index (χ3v) is 7.15. The van der Waals surface area contributed by atoms with Crippen LogP contribution in [0, 0.1) is 6.92 Å². The Kier molecular flexibility index (Phi) is 6.39. The highest BCUT2D eigenvalue weighted by molar-refractivity contribution is 5.77. The molecule has 1 fully saturated rings. The molecule has 0 aliphatic carbocycles. The minimum atomic E-state index is -0.119. The van der Waals surface area contributed by atoms with Crippen LogP contribution in [0.3, 0.4) is 0 Å². The SMILES string of the molecule is Cc1cc(Nc2ncc3c(=O)n(Cc4ccccc4)n(-c4ccccc4)c3n2)ccc1N1CCN(C)CC1. The van der Waals surface area contributed by atoms with E-state index >= 15 is 0 Å². The fraction of sp³-hybridized carbons (Fsp3) is 0.233. The summed E-state index contributed by atoms with van der Waals surface area (Å²) < 4.78 is 3.61. The van der Waals surface area contributed by atoms with Gasteiger partial charge in [0.05, 0.1) is 12.2 Å². The summed E-state index contributed by atoms with van der Waals surface area (Å²) in [7, 11) is 2.17. The number of benzene rings is 3. The molecule has 0 amide bonds. The van der Waals surface area contributed by atoms with Crippen molar-refractivity contribution in [1.82, 2.24) is 24.2 Å². The number of fused-ring (bicyclic) bond motifs is 1. The van der Waals surface area contributed by atoms with Gasteiger partial charge in [0.1, 0.15) is 5.39 Å². The third-order valence-electron chi connectivity index (χ3n) is 7.15. The Morgan fingerprint density at radius 2 is 1.61 bits per heavy atom. The molecule has 0 saturated carbocycles. The number of nitrogens with zero attached hydrogens (tertiary/aromatic N) is 6. The lowest BCUT2D eigenvalue weighted by Crippen LogP contribution is -2.44. The molecule has 0 atom stereocenters. The molecule has 1 aliphatic rings. The highest BCUT2D eigenvalue weighted by Gasteiger charge is 2.19. The van der Waals surface area contributed by atoms with Gasteiger partial charge in [0, 0.05) is 43.8 Å². The van der Waals surface area contributed by atoms with E-state index < -0.39 is 0 Å². The van der Waals surface area contributed by atoms with Gasteiger partial charge in [0.15, 0.2) is 5.65 Å². The molecule has 8 nitrogen and oxygen atoms in total. The first-order chi connectivity index (χ1) is 18.6. The smallest absolute Gasteiger partial charge is 0.278 e. The van der Waals surface area contributed by atoms with E-state index in [0.29, 0.717) is 23.5 Å². The third kappa shape index (κ3) is 4.66. The first kappa shape index (κ1) is 23.9. The van der Waals surface area contributed by atoms with Crippen molar-refractivity contribution in [3.8, 4) is 5.69 Å². The lowest BCUT2D eigenvalue weighted by atomic mass is 10.1. The number of rotatable bonds is 6. The molecular formula is C30H31N7O. The number of aromatic nitrogens is 4. The van der Waals surface area contributed by atoms with Crippen molar-refractivity contribution < 1.29 is 0 Å². The van der Waals surface area contributed by atoms with E-state index in [1.165, 1.54) is 11.3 Å². The molecule has 192 valence electrons. The van der Waals surface area contributed by atoms with Crippen molar-refractivity contribution in [2.24, 2.45) is 0 Å². The lowest BCUT2D eigenvalue weighted by molar-refractivity contribution is 0.312. The standard InChI is InChI=1S/C30H31N7O/c1-22-19-24(13-14-27(22)35-17-15-34(2)16-18-35)32-30-31-20-26-28(33-30)37(25-11-7-4-8-12-25)36(29(26)38)21-23-9-5-3-6-10-23/h3-14,19-20H,15-18,21H2,1-2H3,(H,31,32,33). The normalized spacial score (nSPS) is 14.2. The van der Waals surface area contributed by atoms with Crippen LogP contribution in [-0.2, 0) is 6.54 Å². The second-order valence-electron chi connectivity index (χ2n) is 9.84. The lowest BCUT2D eigenvalue weighted by Gasteiger charge is -2.35. The van der Waals surface area contributed by atoms with Crippen molar-refractivity contribution in [1.29, 1.82) is 0 Å². The fourth-order valence-corrected chi connectivity index (χ4v) is 5.08. The summed E-state index contributed by atoms with van der Waals surface area (Å²) in [4.78, 5) is 27.6. The Labute approximate surface area is 221 Å². The van der Waals surface area contributed by atoms with Gasteiger partial charge in [0.25, 0.3) is 5.56 Å². The van der Waals surface area contributed by atoms with Gasteiger partial charge in [0.2, 0.25) is 5.95 Å². The topological polar surface area (TPSA) is 71.2 Å². The summed E-state index contributed by atoms with van der Waals surface area (Å²) in [5.74, 6) is 0.450. The van der Waals surface area contributed by atoms with Gasteiger partial charge < -0.3 is 15.1 Å². The maximum Gasteiger partial charge on any atom is 0.278 e. The zero-order valence-corrected chi connectivity index (χ0v) is 21.7. The number of aryl methyl sites for hydroxylation is 1. The number of anilines is 3. The van der Waals surface area contributed by atoms with Crippen molar-refractivity contribution in [2.45, 2.75) is 13.5 Å². The van der Waals surface area contributed by atoms with E-state index in [0.717, 1.165) is 43.1 Å². The van der Waals surface area contributed by atoms with Crippen LogP contribution >= 0.6 is 0 Å². The molecule has 3 heterocycles. The van der Waals surface area contributed by atoms with Crippen molar-refractivity contribution in [2.75, 3.05) is 43.4 Å². The first-order valence-electron chi connectivity index (χ1n) is 13.0. The number of hydrogen-bond acceptors (Lipinski definition) is 6. The van der Waals surface area contributed by atoms with Gasteiger partial charge in [-0.15, -0.1) is 0 Å². The number of hydrogen-bond donors (Lipinski definition) is 1. The van der Waals surface area contributed by atoms with Crippen LogP contribution in [0.1, 0.15) is 11.1 Å². The Morgan fingerprint density at radius 3 is 2.32 bits per heavy atom. The molecule has 0 spiro atoms. The second kappa shape index (κ2) is 10.1. The number of likely N-dealkylation sites (N-methyl/N-ethyl adjacent to an activating group) is 1. The fourth-order valence-electron chi connectivity index (χ4n) is 5.08. The molecule has 0 bridgehead atoms. The van der Waals surface area contributed by atoms with Crippen molar-refractivity contribution in [3.05, 3.63) is 107 Å². The Hall–Kier alpha value is -4.43. The van der Waals surface area contributed by atoms with Crippen molar-refractivity contribution in [3.63, 3.8) is 0 Å². The van der Waals surface area contributed by atoms with E-state index in [9.17, 15) is 4.79 Å². The Bertz CT molecular complexity index is 1620.